The lowest BCUT2D eigenvalue weighted by molar-refractivity contribution is -0.136. The molecule has 1 aliphatic rings. The predicted molar refractivity (Wildman–Crippen MR) is 73.4 cm³/mol. The van der Waals surface area contributed by atoms with Gasteiger partial charge in [0.15, 0.2) is 6.10 Å². The minimum atomic E-state index is -0.482. The van der Waals surface area contributed by atoms with Crippen LogP contribution < -0.4 is 10.5 Å². The quantitative estimate of drug-likeness (QED) is 0.925. The monoisotopic (exact) mass is 312 g/mol. The minimum Gasteiger partial charge on any atom is -0.481 e. The molecule has 0 saturated carbocycles. The summed E-state index contributed by atoms with van der Waals surface area (Å²) >= 11 is 3.37. The van der Waals surface area contributed by atoms with Crippen LogP contribution in [-0.2, 0) is 4.79 Å². The van der Waals surface area contributed by atoms with E-state index in [0.29, 0.717) is 12.3 Å². The largest absolute Gasteiger partial charge is 0.481 e. The third-order valence-corrected chi connectivity index (χ3v) is 3.49. The second kappa shape index (κ2) is 5.71. The fourth-order valence-corrected chi connectivity index (χ4v) is 2.42. The topological polar surface area (TPSA) is 55.6 Å². The summed E-state index contributed by atoms with van der Waals surface area (Å²) in [7, 11) is 0. The molecule has 1 heterocycles. The van der Waals surface area contributed by atoms with Gasteiger partial charge in [0.25, 0.3) is 5.91 Å². The van der Waals surface area contributed by atoms with Crippen molar-refractivity contribution in [3.8, 4) is 5.75 Å². The van der Waals surface area contributed by atoms with Gasteiger partial charge in [-0.2, -0.15) is 0 Å². The fourth-order valence-electron chi connectivity index (χ4n) is 2.04. The second-order valence-corrected chi connectivity index (χ2v) is 5.47. The molecule has 98 valence electrons. The second-order valence-electron chi connectivity index (χ2n) is 4.55. The molecule has 2 rings (SSSR count). The van der Waals surface area contributed by atoms with Crippen molar-refractivity contribution >= 4 is 21.8 Å². The first-order valence-electron chi connectivity index (χ1n) is 6.03. The van der Waals surface area contributed by atoms with E-state index in [2.05, 4.69) is 15.9 Å². The Morgan fingerprint density at radius 2 is 2.39 bits per heavy atom. The number of hydrogen-bond donors (Lipinski definition) is 1. The van der Waals surface area contributed by atoms with Gasteiger partial charge in [0.1, 0.15) is 5.75 Å². The van der Waals surface area contributed by atoms with Crippen LogP contribution >= 0.6 is 15.9 Å². The molecule has 2 N–H and O–H groups in total. The maximum Gasteiger partial charge on any atom is 0.263 e. The average molecular weight is 313 g/mol. The molecule has 0 spiro atoms. The average Bonchev–Trinajstić information content (AvgIpc) is 2.75. The first-order valence-corrected chi connectivity index (χ1v) is 6.82. The highest BCUT2D eigenvalue weighted by Gasteiger charge is 2.28. The van der Waals surface area contributed by atoms with Gasteiger partial charge in [0.2, 0.25) is 0 Å². The molecule has 1 amide bonds. The molecule has 4 nitrogen and oxygen atoms in total. The number of ether oxygens (including phenoxy) is 1. The Hall–Kier alpha value is -1.07. The van der Waals surface area contributed by atoms with Gasteiger partial charge in [-0.25, -0.2) is 0 Å². The summed E-state index contributed by atoms with van der Waals surface area (Å²) in [5, 5.41) is 0. The highest BCUT2D eigenvalue weighted by Crippen LogP contribution is 2.20. The van der Waals surface area contributed by atoms with Crippen LogP contribution in [0.5, 0.6) is 5.75 Å². The lowest BCUT2D eigenvalue weighted by atomic mass is 10.3. The lowest BCUT2D eigenvalue weighted by Gasteiger charge is -2.21. The Morgan fingerprint density at radius 1 is 1.61 bits per heavy atom. The molecule has 1 aliphatic heterocycles. The summed E-state index contributed by atoms with van der Waals surface area (Å²) in [6.07, 6.45) is 0.389. The van der Waals surface area contributed by atoms with Gasteiger partial charge in [-0.15, -0.1) is 0 Å². The van der Waals surface area contributed by atoms with Crippen molar-refractivity contribution in [3.63, 3.8) is 0 Å². The van der Waals surface area contributed by atoms with Crippen molar-refractivity contribution in [2.75, 3.05) is 13.1 Å². The zero-order chi connectivity index (χ0) is 13.1. The summed E-state index contributed by atoms with van der Waals surface area (Å²) < 4.78 is 6.58. The zero-order valence-electron chi connectivity index (χ0n) is 10.3. The van der Waals surface area contributed by atoms with Crippen molar-refractivity contribution in [3.05, 3.63) is 28.7 Å². The molecule has 2 atom stereocenters. The van der Waals surface area contributed by atoms with Crippen LogP contribution in [0.4, 0.5) is 0 Å². The maximum absolute atomic E-state index is 12.1. The van der Waals surface area contributed by atoms with Crippen LogP contribution in [0.3, 0.4) is 0 Å². The fraction of sp³-hybridized carbons (Fsp3) is 0.462. The van der Waals surface area contributed by atoms with Crippen LogP contribution in [0.2, 0.25) is 0 Å². The maximum atomic E-state index is 12.1. The van der Waals surface area contributed by atoms with E-state index in [-0.39, 0.29) is 11.9 Å². The normalized spacial score (nSPS) is 20.8. The summed E-state index contributed by atoms with van der Waals surface area (Å²) in [6.45, 7) is 3.13. The predicted octanol–water partition coefficient (Wildman–Crippen LogP) is 1.78. The summed E-state index contributed by atoms with van der Waals surface area (Å²) in [5.41, 5.74) is 5.79. The molecule has 0 bridgehead atoms. The van der Waals surface area contributed by atoms with Crippen LogP contribution in [0.15, 0.2) is 28.7 Å². The van der Waals surface area contributed by atoms with E-state index >= 15 is 0 Å². The Labute approximate surface area is 115 Å². The number of rotatable bonds is 3. The number of nitrogens with two attached hydrogens (primary N) is 1. The zero-order valence-corrected chi connectivity index (χ0v) is 11.9. The number of halogens is 1. The molecule has 18 heavy (non-hydrogen) atoms. The van der Waals surface area contributed by atoms with Crippen molar-refractivity contribution < 1.29 is 9.53 Å². The first kappa shape index (κ1) is 13.4. The van der Waals surface area contributed by atoms with Gasteiger partial charge >= 0.3 is 0 Å². The molecule has 1 fully saturated rings. The number of carbonyl (C=O) groups is 1. The molecule has 0 radical (unpaired) electrons. The summed E-state index contributed by atoms with van der Waals surface area (Å²) in [6, 6.07) is 7.58. The summed E-state index contributed by atoms with van der Waals surface area (Å²) in [5.74, 6) is 0.691. The van der Waals surface area contributed by atoms with Crippen LogP contribution in [-0.4, -0.2) is 36.0 Å². The molecule has 1 unspecified atom stereocenters. The van der Waals surface area contributed by atoms with Gasteiger partial charge in [0, 0.05) is 23.6 Å². The Bertz CT molecular complexity index is 439. The Kier molecular flexibility index (Phi) is 4.24. The van der Waals surface area contributed by atoms with Crippen molar-refractivity contribution in [2.45, 2.75) is 25.5 Å². The van der Waals surface area contributed by atoms with E-state index in [1.807, 2.05) is 24.3 Å². The number of carbonyl (C=O) groups excluding carboxylic acids is 1. The van der Waals surface area contributed by atoms with Crippen LogP contribution in [0.1, 0.15) is 13.3 Å². The van der Waals surface area contributed by atoms with Crippen LogP contribution in [0.25, 0.3) is 0 Å². The molecule has 1 saturated heterocycles. The standard InChI is InChI=1S/C13H17BrN2O2/c1-9(13(17)16-6-5-11(15)8-16)18-12-4-2-3-10(14)7-12/h2-4,7,9,11H,5-6,8,15H2,1H3/t9?,11-/m1/s1. The van der Waals surface area contributed by atoms with E-state index in [1.54, 1.807) is 11.8 Å². The number of nitrogens with zero attached hydrogens (tertiary/aromatic N) is 1. The summed E-state index contributed by atoms with van der Waals surface area (Å²) in [4.78, 5) is 13.9. The van der Waals surface area contributed by atoms with E-state index in [1.165, 1.54) is 0 Å². The van der Waals surface area contributed by atoms with E-state index < -0.39 is 6.10 Å². The lowest BCUT2D eigenvalue weighted by Crippen LogP contribution is -2.40. The number of benzene rings is 1. The molecule has 5 heteroatoms. The SMILES string of the molecule is CC(Oc1cccc(Br)c1)C(=O)N1CC[C@@H](N)C1. The molecule has 0 aromatic heterocycles. The molecule has 1 aromatic rings. The number of likely N-dealkylation sites (tertiary alicyclic amines) is 1. The van der Waals surface area contributed by atoms with E-state index in [0.717, 1.165) is 17.4 Å². The van der Waals surface area contributed by atoms with E-state index in [9.17, 15) is 4.79 Å². The molecular formula is C13H17BrN2O2. The first-order chi connectivity index (χ1) is 8.56. The van der Waals surface area contributed by atoms with Crippen molar-refractivity contribution in [2.24, 2.45) is 5.73 Å². The Morgan fingerprint density at radius 3 is 3.00 bits per heavy atom. The third kappa shape index (κ3) is 3.23. The number of hydrogen-bond acceptors (Lipinski definition) is 3. The smallest absolute Gasteiger partial charge is 0.263 e. The Balaban J connectivity index is 1.95. The highest BCUT2D eigenvalue weighted by molar-refractivity contribution is 9.10. The van der Waals surface area contributed by atoms with Gasteiger partial charge in [-0.3, -0.25) is 4.79 Å². The van der Waals surface area contributed by atoms with Gasteiger partial charge in [0.05, 0.1) is 0 Å². The molecule has 1 aromatic carbocycles. The van der Waals surface area contributed by atoms with Gasteiger partial charge in [-0.05, 0) is 31.5 Å². The highest BCUT2D eigenvalue weighted by atomic mass is 79.9. The van der Waals surface area contributed by atoms with Crippen molar-refractivity contribution in [1.29, 1.82) is 0 Å². The molecular weight excluding hydrogens is 296 g/mol. The van der Waals surface area contributed by atoms with Gasteiger partial charge in [-0.1, -0.05) is 22.0 Å². The van der Waals surface area contributed by atoms with Gasteiger partial charge < -0.3 is 15.4 Å². The third-order valence-electron chi connectivity index (χ3n) is 2.99. The van der Waals surface area contributed by atoms with E-state index in [4.69, 9.17) is 10.5 Å². The van der Waals surface area contributed by atoms with Crippen LogP contribution in [0, 0.1) is 0 Å². The number of amides is 1. The van der Waals surface area contributed by atoms with Crippen molar-refractivity contribution in [1.82, 2.24) is 4.90 Å². The molecule has 0 aliphatic carbocycles. The minimum absolute atomic E-state index is 0.00271.